The zero-order chi connectivity index (χ0) is 19.3. The van der Waals surface area contributed by atoms with Crippen molar-refractivity contribution in [3.05, 3.63) is 53.6 Å². The number of hydrogen-bond donors (Lipinski definition) is 1. The van der Waals surface area contributed by atoms with Gasteiger partial charge in [-0.25, -0.2) is 0 Å². The Labute approximate surface area is 157 Å². The van der Waals surface area contributed by atoms with E-state index in [2.05, 4.69) is 41.5 Å². The SMILES string of the molecule is CC(C)(C)CC1(C(C)(C)C)Cc2c(ccc(O)c2-c2ccccc2)C1=O. The zero-order valence-corrected chi connectivity index (χ0v) is 16.8. The molecule has 1 aliphatic carbocycles. The van der Waals surface area contributed by atoms with Gasteiger partial charge in [-0.3, -0.25) is 4.79 Å². The van der Waals surface area contributed by atoms with Crippen LogP contribution in [0.25, 0.3) is 11.1 Å². The van der Waals surface area contributed by atoms with Crippen molar-refractivity contribution >= 4 is 5.78 Å². The average Bonchev–Trinajstić information content (AvgIpc) is 2.79. The monoisotopic (exact) mass is 350 g/mol. The van der Waals surface area contributed by atoms with E-state index in [1.54, 1.807) is 6.07 Å². The maximum Gasteiger partial charge on any atom is 0.170 e. The predicted octanol–water partition coefficient (Wildman–Crippen LogP) is 6.27. The number of phenols is 1. The molecule has 0 aromatic heterocycles. The van der Waals surface area contributed by atoms with Crippen LogP contribution in [0.1, 0.15) is 63.9 Å². The molecule has 2 aromatic carbocycles. The van der Waals surface area contributed by atoms with Gasteiger partial charge in [0.1, 0.15) is 5.75 Å². The second-order valence-corrected chi connectivity index (χ2v) is 9.93. The standard InChI is InChI=1S/C24H30O2/c1-22(2,3)15-24(23(4,5)6)14-18-17(21(24)26)12-13-19(25)20(18)16-10-8-7-9-11-16/h7-13,25H,14-15H2,1-6H3. The molecule has 0 saturated carbocycles. The van der Waals surface area contributed by atoms with Crippen molar-refractivity contribution in [3.63, 3.8) is 0 Å². The summed E-state index contributed by atoms with van der Waals surface area (Å²) in [5.74, 6) is 0.482. The molecule has 1 aliphatic rings. The first kappa shape index (κ1) is 18.7. The quantitative estimate of drug-likeness (QED) is 0.693. The molecule has 3 rings (SSSR count). The van der Waals surface area contributed by atoms with E-state index in [0.717, 1.165) is 28.7 Å². The van der Waals surface area contributed by atoms with Gasteiger partial charge in [-0.15, -0.1) is 0 Å². The Bertz CT molecular complexity index is 835. The molecule has 1 atom stereocenters. The predicted molar refractivity (Wildman–Crippen MR) is 108 cm³/mol. The molecule has 2 nitrogen and oxygen atoms in total. The smallest absolute Gasteiger partial charge is 0.170 e. The first-order valence-electron chi connectivity index (χ1n) is 9.41. The number of hydrogen-bond acceptors (Lipinski definition) is 2. The number of ketones is 1. The van der Waals surface area contributed by atoms with Gasteiger partial charge in [-0.1, -0.05) is 71.9 Å². The van der Waals surface area contributed by atoms with Crippen molar-refractivity contribution < 1.29 is 9.90 Å². The highest BCUT2D eigenvalue weighted by Crippen LogP contribution is 2.56. The molecule has 2 aromatic rings. The highest BCUT2D eigenvalue weighted by Gasteiger charge is 2.55. The van der Waals surface area contributed by atoms with Crippen LogP contribution in [0.4, 0.5) is 0 Å². The van der Waals surface area contributed by atoms with Crippen LogP contribution in [0.2, 0.25) is 0 Å². The third-order valence-corrected chi connectivity index (χ3v) is 5.78. The fourth-order valence-electron chi connectivity index (χ4n) is 4.52. The number of phenolic OH excluding ortho intramolecular Hbond substituents is 1. The second-order valence-electron chi connectivity index (χ2n) is 9.93. The number of carbonyl (C=O) groups excluding carboxylic acids is 1. The third-order valence-electron chi connectivity index (χ3n) is 5.78. The Hall–Kier alpha value is -2.09. The van der Waals surface area contributed by atoms with Gasteiger partial charge in [0.2, 0.25) is 0 Å². The van der Waals surface area contributed by atoms with Crippen LogP contribution < -0.4 is 0 Å². The molecule has 0 aliphatic heterocycles. The van der Waals surface area contributed by atoms with Gasteiger partial charge in [-0.2, -0.15) is 0 Å². The van der Waals surface area contributed by atoms with E-state index in [0.29, 0.717) is 6.42 Å². The van der Waals surface area contributed by atoms with Crippen LogP contribution in [0.15, 0.2) is 42.5 Å². The molecule has 0 radical (unpaired) electrons. The van der Waals surface area contributed by atoms with Crippen LogP contribution in [0.5, 0.6) is 5.75 Å². The number of Topliss-reactive ketones (excluding diaryl/α,β-unsaturated/α-hetero) is 1. The fraction of sp³-hybridized carbons (Fsp3) is 0.458. The van der Waals surface area contributed by atoms with Crippen LogP contribution in [-0.4, -0.2) is 10.9 Å². The van der Waals surface area contributed by atoms with Gasteiger partial charge >= 0.3 is 0 Å². The second kappa shape index (κ2) is 5.97. The molecular formula is C24H30O2. The molecule has 138 valence electrons. The summed E-state index contributed by atoms with van der Waals surface area (Å²) in [6.45, 7) is 13.1. The van der Waals surface area contributed by atoms with E-state index >= 15 is 0 Å². The van der Waals surface area contributed by atoms with Crippen molar-refractivity contribution in [1.29, 1.82) is 0 Å². The van der Waals surface area contributed by atoms with E-state index < -0.39 is 5.41 Å². The first-order valence-corrected chi connectivity index (χ1v) is 9.41. The molecule has 0 heterocycles. The average molecular weight is 351 g/mol. The van der Waals surface area contributed by atoms with E-state index in [4.69, 9.17) is 0 Å². The fourth-order valence-corrected chi connectivity index (χ4v) is 4.52. The molecule has 1 N–H and O–H groups in total. The Kier molecular flexibility index (Phi) is 4.29. The molecule has 26 heavy (non-hydrogen) atoms. The molecular weight excluding hydrogens is 320 g/mol. The summed E-state index contributed by atoms with van der Waals surface area (Å²) >= 11 is 0. The van der Waals surface area contributed by atoms with Gasteiger partial charge in [0, 0.05) is 16.5 Å². The summed E-state index contributed by atoms with van der Waals surface area (Å²) in [5.41, 5.74) is 2.98. The lowest BCUT2D eigenvalue weighted by Gasteiger charge is -2.44. The molecule has 0 fully saturated rings. The number of aromatic hydroxyl groups is 1. The highest BCUT2D eigenvalue weighted by molar-refractivity contribution is 6.07. The molecule has 0 saturated heterocycles. The summed E-state index contributed by atoms with van der Waals surface area (Å²) in [7, 11) is 0. The lowest BCUT2D eigenvalue weighted by Crippen LogP contribution is -2.44. The van der Waals surface area contributed by atoms with Crippen molar-refractivity contribution in [2.45, 2.75) is 54.4 Å². The molecule has 0 bridgehead atoms. The largest absolute Gasteiger partial charge is 0.507 e. The Morgan fingerprint density at radius 1 is 0.962 bits per heavy atom. The highest BCUT2D eigenvalue weighted by atomic mass is 16.3. The minimum atomic E-state index is -0.453. The molecule has 2 heteroatoms. The van der Waals surface area contributed by atoms with Crippen molar-refractivity contribution in [2.24, 2.45) is 16.2 Å². The summed E-state index contributed by atoms with van der Waals surface area (Å²) in [5, 5.41) is 10.6. The van der Waals surface area contributed by atoms with E-state index in [1.807, 2.05) is 36.4 Å². The third kappa shape index (κ3) is 2.96. The van der Waals surface area contributed by atoms with Gasteiger partial charge in [-0.05, 0) is 46.9 Å². The first-order chi connectivity index (χ1) is 12.0. The van der Waals surface area contributed by atoms with E-state index in [1.165, 1.54) is 0 Å². The van der Waals surface area contributed by atoms with Crippen molar-refractivity contribution in [1.82, 2.24) is 0 Å². The molecule has 0 amide bonds. The van der Waals surface area contributed by atoms with Crippen molar-refractivity contribution in [2.75, 3.05) is 0 Å². The molecule has 1 unspecified atom stereocenters. The lowest BCUT2D eigenvalue weighted by atomic mass is 9.58. The lowest BCUT2D eigenvalue weighted by molar-refractivity contribution is 0.0350. The maximum atomic E-state index is 13.7. The summed E-state index contributed by atoms with van der Waals surface area (Å²) in [6.07, 6.45) is 1.51. The minimum absolute atomic E-state index is 0.0416. The van der Waals surface area contributed by atoms with Gasteiger partial charge in [0.05, 0.1) is 0 Å². The number of benzene rings is 2. The van der Waals surface area contributed by atoms with E-state index in [-0.39, 0.29) is 22.4 Å². The summed E-state index contributed by atoms with van der Waals surface area (Å²) in [6, 6.07) is 13.4. The Morgan fingerprint density at radius 2 is 1.58 bits per heavy atom. The number of carbonyl (C=O) groups is 1. The zero-order valence-electron chi connectivity index (χ0n) is 16.8. The van der Waals surface area contributed by atoms with Crippen LogP contribution in [0, 0.1) is 16.2 Å². The van der Waals surface area contributed by atoms with E-state index in [9.17, 15) is 9.90 Å². The Balaban J connectivity index is 2.23. The minimum Gasteiger partial charge on any atom is -0.507 e. The summed E-state index contributed by atoms with van der Waals surface area (Å²) in [4.78, 5) is 13.7. The van der Waals surface area contributed by atoms with Crippen LogP contribution in [0.3, 0.4) is 0 Å². The topological polar surface area (TPSA) is 37.3 Å². The maximum absolute atomic E-state index is 13.7. The van der Waals surface area contributed by atoms with Crippen LogP contribution >= 0.6 is 0 Å². The summed E-state index contributed by atoms with van der Waals surface area (Å²) < 4.78 is 0. The Morgan fingerprint density at radius 3 is 2.12 bits per heavy atom. The van der Waals surface area contributed by atoms with Gasteiger partial charge < -0.3 is 5.11 Å². The number of rotatable bonds is 2. The van der Waals surface area contributed by atoms with Crippen molar-refractivity contribution in [3.8, 4) is 16.9 Å². The normalized spacial score (nSPS) is 20.3. The van der Waals surface area contributed by atoms with Gasteiger partial charge in [0.15, 0.2) is 5.78 Å². The number of fused-ring (bicyclic) bond motifs is 1. The van der Waals surface area contributed by atoms with Crippen LogP contribution in [-0.2, 0) is 6.42 Å². The molecule has 0 spiro atoms. The van der Waals surface area contributed by atoms with Gasteiger partial charge in [0.25, 0.3) is 0 Å².